The number of ether oxygens (including phenoxy) is 2. The molecule has 1 aromatic rings. The van der Waals surface area contributed by atoms with Crippen LogP contribution in [0.2, 0.25) is 0 Å². The summed E-state index contributed by atoms with van der Waals surface area (Å²) in [6, 6.07) is 5.41. The topological polar surface area (TPSA) is 51.0 Å². The molecular formula is C13H17NO3. The minimum atomic E-state index is 0.421. The number of rotatable bonds is 6. The van der Waals surface area contributed by atoms with Crippen molar-refractivity contribution in [2.24, 2.45) is 5.16 Å². The van der Waals surface area contributed by atoms with Gasteiger partial charge in [-0.25, -0.2) is 0 Å². The van der Waals surface area contributed by atoms with Crippen LogP contribution in [0.1, 0.15) is 18.9 Å². The molecule has 0 heterocycles. The van der Waals surface area contributed by atoms with Crippen LogP contribution in [0.25, 0.3) is 0 Å². The minimum absolute atomic E-state index is 0.421. The monoisotopic (exact) mass is 235 g/mol. The average Bonchev–Trinajstić information content (AvgIpc) is 2.38. The summed E-state index contributed by atoms with van der Waals surface area (Å²) in [6.45, 7) is 5.93. The summed E-state index contributed by atoms with van der Waals surface area (Å²) in [4.78, 5) is 0. The average molecular weight is 235 g/mol. The van der Waals surface area contributed by atoms with E-state index in [0.29, 0.717) is 30.2 Å². The van der Waals surface area contributed by atoms with Crippen LogP contribution in [0.3, 0.4) is 0 Å². The second-order valence-corrected chi connectivity index (χ2v) is 3.37. The molecule has 0 fully saturated rings. The van der Waals surface area contributed by atoms with Crippen LogP contribution >= 0.6 is 0 Å². The predicted molar refractivity (Wildman–Crippen MR) is 67.3 cm³/mol. The standard InChI is InChI=1S/C13H17NO3/c1-4-8-17-12-7-6-10(9-13(12)16-3)11(5-2)14-15/h4,6-7,9,15H,1,5,8H2,2-3H3/b14-11+. The molecule has 92 valence electrons. The number of oxime groups is 1. The van der Waals surface area contributed by atoms with Crippen molar-refractivity contribution < 1.29 is 14.7 Å². The molecule has 4 nitrogen and oxygen atoms in total. The lowest BCUT2D eigenvalue weighted by Gasteiger charge is -2.11. The first-order valence-electron chi connectivity index (χ1n) is 5.39. The molecule has 0 aliphatic carbocycles. The van der Waals surface area contributed by atoms with Gasteiger partial charge in [0, 0.05) is 5.56 Å². The summed E-state index contributed by atoms with van der Waals surface area (Å²) >= 11 is 0. The number of benzene rings is 1. The van der Waals surface area contributed by atoms with Crippen LogP contribution in [0.5, 0.6) is 11.5 Å². The van der Waals surface area contributed by atoms with Gasteiger partial charge in [-0.1, -0.05) is 24.7 Å². The molecule has 1 aromatic carbocycles. The van der Waals surface area contributed by atoms with E-state index >= 15 is 0 Å². The van der Waals surface area contributed by atoms with Crippen molar-refractivity contribution in [2.75, 3.05) is 13.7 Å². The van der Waals surface area contributed by atoms with Gasteiger partial charge in [0.2, 0.25) is 0 Å². The highest BCUT2D eigenvalue weighted by Gasteiger charge is 2.08. The zero-order valence-corrected chi connectivity index (χ0v) is 10.1. The maximum Gasteiger partial charge on any atom is 0.161 e. The van der Waals surface area contributed by atoms with Crippen molar-refractivity contribution in [1.29, 1.82) is 0 Å². The number of methoxy groups -OCH3 is 1. The normalized spacial score (nSPS) is 11.1. The van der Waals surface area contributed by atoms with Crippen molar-refractivity contribution >= 4 is 5.71 Å². The molecule has 1 N–H and O–H groups in total. The molecule has 0 spiro atoms. The second kappa shape index (κ2) is 6.58. The molecular weight excluding hydrogens is 218 g/mol. The lowest BCUT2D eigenvalue weighted by Crippen LogP contribution is -2.01. The number of nitrogens with zero attached hydrogens (tertiary/aromatic N) is 1. The van der Waals surface area contributed by atoms with E-state index in [4.69, 9.17) is 14.7 Å². The Bertz CT molecular complexity index is 413. The Kier molecular flexibility index (Phi) is 5.07. The SMILES string of the molecule is C=CCOc1ccc(/C(CC)=N/O)cc1OC. The van der Waals surface area contributed by atoms with E-state index < -0.39 is 0 Å². The molecule has 0 radical (unpaired) electrons. The Morgan fingerprint density at radius 2 is 2.24 bits per heavy atom. The third-order valence-corrected chi connectivity index (χ3v) is 2.31. The van der Waals surface area contributed by atoms with Crippen LogP contribution in [-0.4, -0.2) is 24.6 Å². The van der Waals surface area contributed by atoms with Crippen molar-refractivity contribution in [1.82, 2.24) is 0 Å². The Balaban J connectivity index is 3.03. The second-order valence-electron chi connectivity index (χ2n) is 3.37. The van der Waals surface area contributed by atoms with E-state index in [1.165, 1.54) is 0 Å². The molecule has 0 amide bonds. The van der Waals surface area contributed by atoms with Gasteiger partial charge in [0.15, 0.2) is 11.5 Å². The molecule has 0 bridgehead atoms. The fourth-order valence-corrected chi connectivity index (χ4v) is 1.45. The highest BCUT2D eigenvalue weighted by Crippen LogP contribution is 2.28. The fraction of sp³-hybridized carbons (Fsp3) is 0.308. The van der Waals surface area contributed by atoms with Gasteiger partial charge in [0.25, 0.3) is 0 Å². The van der Waals surface area contributed by atoms with Gasteiger partial charge in [-0.05, 0) is 24.6 Å². The zero-order valence-electron chi connectivity index (χ0n) is 10.1. The summed E-state index contributed by atoms with van der Waals surface area (Å²) in [5, 5.41) is 12.1. The third-order valence-electron chi connectivity index (χ3n) is 2.31. The summed E-state index contributed by atoms with van der Waals surface area (Å²) in [5.74, 6) is 1.25. The minimum Gasteiger partial charge on any atom is -0.493 e. The van der Waals surface area contributed by atoms with Crippen LogP contribution in [-0.2, 0) is 0 Å². The van der Waals surface area contributed by atoms with E-state index in [2.05, 4.69) is 11.7 Å². The zero-order chi connectivity index (χ0) is 12.7. The molecule has 0 saturated heterocycles. The molecule has 0 aliphatic heterocycles. The van der Waals surface area contributed by atoms with Gasteiger partial charge in [0.1, 0.15) is 6.61 Å². The molecule has 0 unspecified atom stereocenters. The van der Waals surface area contributed by atoms with Crippen molar-refractivity contribution in [3.8, 4) is 11.5 Å². The first-order chi connectivity index (χ1) is 8.26. The van der Waals surface area contributed by atoms with Gasteiger partial charge in [-0.2, -0.15) is 0 Å². The quantitative estimate of drug-likeness (QED) is 0.357. The number of hydrogen-bond acceptors (Lipinski definition) is 4. The molecule has 0 atom stereocenters. The Hall–Kier alpha value is -1.97. The Morgan fingerprint density at radius 3 is 2.76 bits per heavy atom. The molecule has 1 rings (SSSR count). The van der Waals surface area contributed by atoms with Gasteiger partial charge < -0.3 is 14.7 Å². The first-order valence-corrected chi connectivity index (χ1v) is 5.39. The summed E-state index contributed by atoms with van der Waals surface area (Å²) < 4.78 is 10.7. The Labute approximate surface area is 101 Å². The van der Waals surface area contributed by atoms with Crippen molar-refractivity contribution in [2.45, 2.75) is 13.3 Å². The summed E-state index contributed by atoms with van der Waals surface area (Å²) in [7, 11) is 1.57. The fourth-order valence-electron chi connectivity index (χ4n) is 1.45. The maximum atomic E-state index is 8.86. The van der Waals surface area contributed by atoms with E-state index in [9.17, 15) is 0 Å². The summed E-state index contributed by atoms with van der Waals surface area (Å²) in [6.07, 6.45) is 2.31. The molecule has 4 heteroatoms. The van der Waals surface area contributed by atoms with Gasteiger partial charge in [0.05, 0.1) is 12.8 Å². The molecule has 17 heavy (non-hydrogen) atoms. The van der Waals surface area contributed by atoms with Gasteiger partial charge >= 0.3 is 0 Å². The highest BCUT2D eigenvalue weighted by atomic mass is 16.5. The number of hydrogen-bond donors (Lipinski definition) is 1. The van der Waals surface area contributed by atoms with Crippen molar-refractivity contribution in [3.63, 3.8) is 0 Å². The molecule has 0 aromatic heterocycles. The largest absolute Gasteiger partial charge is 0.493 e. The van der Waals surface area contributed by atoms with E-state index in [-0.39, 0.29) is 0 Å². The van der Waals surface area contributed by atoms with Crippen LogP contribution in [0.4, 0.5) is 0 Å². The third kappa shape index (κ3) is 3.24. The lowest BCUT2D eigenvalue weighted by atomic mass is 10.1. The lowest BCUT2D eigenvalue weighted by molar-refractivity contribution is 0.318. The maximum absolute atomic E-state index is 8.86. The Morgan fingerprint density at radius 1 is 1.47 bits per heavy atom. The molecule has 0 saturated carbocycles. The van der Waals surface area contributed by atoms with Crippen LogP contribution < -0.4 is 9.47 Å². The predicted octanol–water partition coefficient (Wildman–Crippen LogP) is 2.85. The van der Waals surface area contributed by atoms with Crippen molar-refractivity contribution in [3.05, 3.63) is 36.4 Å². The van der Waals surface area contributed by atoms with Crippen LogP contribution in [0.15, 0.2) is 36.0 Å². The summed E-state index contributed by atoms with van der Waals surface area (Å²) in [5.41, 5.74) is 1.43. The van der Waals surface area contributed by atoms with Gasteiger partial charge in [-0.3, -0.25) is 0 Å². The highest BCUT2D eigenvalue weighted by molar-refractivity contribution is 6.00. The molecule has 0 aliphatic rings. The van der Waals surface area contributed by atoms with Crippen LogP contribution in [0, 0.1) is 0 Å². The first kappa shape index (κ1) is 13.1. The van der Waals surface area contributed by atoms with E-state index in [1.54, 1.807) is 25.3 Å². The van der Waals surface area contributed by atoms with E-state index in [0.717, 1.165) is 5.56 Å². The van der Waals surface area contributed by atoms with E-state index in [1.807, 2.05) is 13.0 Å². The smallest absolute Gasteiger partial charge is 0.161 e. The van der Waals surface area contributed by atoms with Gasteiger partial charge in [-0.15, -0.1) is 0 Å².